The van der Waals surface area contributed by atoms with Gasteiger partial charge in [-0.05, 0) is 18.9 Å². The molecule has 1 N–H and O–H groups in total. The number of rotatable bonds is 5. The summed E-state index contributed by atoms with van der Waals surface area (Å²) in [4.78, 5) is 4.07. The highest BCUT2D eigenvalue weighted by Crippen LogP contribution is 2.22. The summed E-state index contributed by atoms with van der Waals surface area (Å²) in [6.07, 6.45) is 3.56. The van der Waals surface area contributed by atoms with Crippen molar-refractivity contribution in [3.05, 3.63) is 22.3 Å². The van der Waals surface area contributed by atoms with E-state index in [2.05, 4.69) is 10.3 Å². The van der Waals surface area contributed by atoms with Crippen LogP contribution in [0.5, 0.6) is 0 Å². The normalized spacial score (nSPS) is 10.2. The fraction of sp³-hybridized carbons (Fsp3) is 0.444. The van der Waals surface area contributed by atoms with Crippen LogP contribution < -0.4 is 5.32 Å². The van der Waals surface area contributed by atoms with E-state index in [0.29, 0.717) is 21.7 Å². The van der Waals surface area contributed by atoms with Crippen LogP contribution in [0.2, 0.25) is 10.0 Å². The van der Waals surface area contributed by atoms with Crippen molar-refractivity contribution in [3.63, 3.8) is 0 Å². The van der Waals surface area contributed by atoms with Crippen molar-refractivity contribution < 1.29 is 0 Å². The van der Waals surface area contributed by atoms with Gasteiger partial charge in [-0.1, -0.05) is 23.2 Å². The lowest BCUT2D eigenvalue weighted by molar-refractivity contribution is 0.836. The van der Waals surface area contributed by atoms with Gasteiger partial charge < -0.3 is 5.32 Å². The standard InChI is InChI=1S/C9H11Cl3N2/c10-3-1-2-4-13-9-8(12)5-7(11)6-14-9/h5-6H,1-4H2,(H,13,14). The zero-order valence-corrected chi connectivity index (χ0v) is 9.83. The SMILES string of the molecule is ClCCCCNc1ncc(Cl)cc1Cl. The second-order valence-electron chi connectivity index (χ2n) is 2.81. The monoisotopic (exact) mass is 252 g/mol. The summed E-state index contributed by atoms with van der Waals surface area (Å²) in [5, 5.41) is 4.20. The molecule has 0 aliphatic rings. The number of anilines is 1. The number of halogens is 3. The molecule has 1 aromatic heterocycles. The summed E-state index contributed by atoms with van der Waals surface area (Å²) in [7, 11) is 0. The van der Waals surface area contributed by atoms with Gasteiger partial charge >= 0.3 is 0 Å². The predicted molar refractivity (Wildman–Crippen MR) is 62.7 cm³/mol. The maximum Gasteiger partial charge on any atom is 0.144 e. The van der Waals surface area contributed by atoms with Crippen molar-refractivity contribution in [1.29, 1.82) is 0 Å². The maximum absolute atomic E-state index is 5.91. The van der Waals surface area contributed by atoms with E-state index in [0.717, 1.165) is 19.4 Å². The van der Waals surface area contributed by atoms with Crippen LogP contribution in [0.3, 0.4) is 0 Å². The number of nitrogens with one attached hydrogen (secondary N) is 1. The molecule has 0 amide bonds. The number of hydrogen-bond acceptors (Lipinski definition) is 2. The van der Waals surface area contributed by atoms with Gasteiger partial charge in [0.05, 0.1) is 10.0 Å². The van der Waals surface area contributed by atoms with Crippen LogP contribution in [0.25, 0.3) is 0 Å². The van der Waals surface area contributed by atoms with Gasteiger partial charge in [0.15, 0.2) is 0 Å². The van der Waals surface area contributed by atoms with E-state index >= 15 is 0 Å². The second-order valence-corrected chi connectivity index (χ2v) is 4.03. The third-order valence-electron chi connectivity index (χ3n) is 1.66. The Kier molecular flexibility index (Phi) is 5.38. The number of hydrogen-bond donors (Lipinski definition) is 1. The molecule has 2 nitrogen and oxygen atoms in total. The van der Waals surface area contributed by atoms with Crippen molar-refractivity contribution in [3.8, 4) is 0 Å². The topological polar surface area (TPSA) is 24.9 Å². The van der Waals surface area contributed by atoms with Gasteiger partial charge in [-0.25, -0.2) is 4.98 Å². The number of unbranched alkanes of at least 4 members (excludes halogenated alkanes) is 1. The lowest BCUT2D eigenvalue weighted by Crippen LogP contribution is -2.03. The van der Waals surface area contributed by atoms with Gasteiger partial charge in [0, 0.05) is 18.6 Å². The van der Waals surface area contributed by atoms with Crippen molar-refractivity contribution in [1.82, 2.24) is 4.98 Å². The Morgan fingerprint density at radius 3 is 2.71 bits per heavy atom. The first-order valence-electron chi connectivity index (χ1n) is 4.35. The zero-order valence-electron chi connectivity index (χ0n) is 7.56. The Labute approximate surface area is 98.6 Å². The maximum atomic E-state index is 5.91. The van der Waals surface area contributed by atoms with Crippen LogP contribution in [0.1, 0.15) is 12.8 Å². The molecule has 14 heavy (non-hydrogen) atoms. The summed E-state index contributed by atoms with van der Waals surface area (Å²) in [6.45, 7) is 0.821. The van der Waals surface area contributed by atoms with E-state index in [1.807, 2.05) is 0 Å². The molecule has 0 saturated carbocycles. The van der Waals surface area contributed by atoms with Gasteiger partial charge in [0.2, 0.25) is 0 Å². The van der Waals surface area contributed by atoms with E-state index in [4.69, 9.17) is 34.8 Å². The second kappa shape index (κ2) is 6.33. The molecule has 0 fully saturated rings. The lowest BCUT2D eigenvalue weighted by atomic mass is 10.3. The smallest absolute Gasteiger partial charge is 0.144 e. The molecule has 0 saturated heterocycles. The highest BCUT2D eigenvalue weighted by Gasteiger charge is 2.01. The van der Waals surface area contributed by atoms with Crippen molar-refractivity contribution in [2.45, 2.75) is 12.8 Å². The summed E-state index contributed by atoms with van der Waals surface area (Å²) in [5.41, 5.74) is 0. The number of nitrogens with zero attached hydrogens (tertiary/aromatic N) is 1. The largest absolute Gasteiger partial charge is 0.369 e. The Balaban J connectivity index is 2.42. The number of alkyl halides is 1. The van der Waals surface area contributed by atoms with Crippen LogP contribution >= 0.6 is 34.8 Å². The minimum atomic E-state index is 0.543. The van der Waals surface area contributed by atoms with E-state index in [9.17, 15) is 0 Å². The molecule has 0 unspecified atom stereocenters. The van der Waals surface area contributed by atoms with E-state index in [-0.39, 0.29) is 0 Å². The minimum Gasteiger partial charge on any atom is -0.369 e. The van der Waals surface area contributed by atoms with Crippen LogP contribution in [-0.4, -0.2) is 17.4 Å². The third kappa shape index (κ3) is 3.91. The van der Waals surface area contributed by atoms with Crippen LogP contribution in [0.4, 0.5) is 5.82 Å². The molecular formula is C9H11Cl3N2. The molecule has 0 aliphatic heterocycles. The van der Waals surface area contributed by atoms with E-state index in [1.165, 1.54) is 0 Å². The molecule has 78 valence electrons. The lowest BCUT2D eigenvalue weighted by Gasteiger charge is -2.06. The van der Waals surface area contributed by atoms with Gasteiger partial charge in [-0.15, -0.1) is 11.6 Å². The molecule has 5 heteroatoms. The Hall–Kier alpha value is -0.180. The Morgan fingerprint density at radius 2 is 2.07 bits per heavy atom. The van der Waals surface area contributed by atoms with Crippen LogP contribution in [-0.2, 0) is 0 Å². The Morgan fingerprint density at radius 1 is 1.29 bits per heavy atom. The summed E-state index contributed by atoms with van der Waals surface area (Å²) in [5.74, 6) is 1.36. The summed E-state index contributed by atoms with van der Waals surface area (Å²) >= 11 is 17.2. The Bertz CT molecular complexity index is 291. The summed E-state index contributed by atoms with van der Waals surface area (Å²) in [6, 6.07) is 1.67. The van der Waals surface area contributed by atoms with Crippen LogP contribution in [0, 0.1) is 0 Å². The molecule has 0 spiro atoms. The fourth-order valence-electron chi connectivity index (χ4n) is 0.971. The predicted octanol–water partition coefficient (Wildman–Crippen LogP) is 3.82. The molecule has 0 radical (unpaired) electrons. The first kappa shape index (κ1) is 11.9. The van der Waals surface area contributed by atoms with Gasteiger partial charge in [-0.3, -0.25) is 0 Å². The summed E-state index contributed by atoms with van der Waals surface area (Å²) < 4.78 is 0. The van der Waals surface area contributed by atoms with Crippen LogP contribution in [0.15, 0.2) is 12.3 Å². The van der Waals surface area contributed by atoms with E-state index < -0.39 is 0 Å². The van der Waals surface area contributed by atoms with Gasteiger partial charge in [0.1, 0.15) is 5.82 Å². The zero-order chi connectivity index (χ0) is 10.4. The highest BCUT2D eigenvalue weighted by atomic mass is 35.5. The first-order chi connectivity index (χ1) is 6.74. The van der Waals surface area contributed by atoms with Gasteiger partial charge in [0.25, 0.3) is 0 Å². The quantitative estimate of drug-likeness (QED) is 0.637. The molecular weight excluding hydrogens is 242 g/mol. The minimum absolute atomic E-state index is 0.543. The molecule has 0 bridgehead atoms. The average Bonchev–Trinajstić information content (AvgIpc) is 2.15. The molecule has 0 atom stereocenters. The molecule has 0 aromatic carbocycles. The third-order valence-corrected chi connectivity index (χ3v) is 2.42. The highest BCUT2D eigenvalue weighted by molar-refractivity contribution is 6.35. The molecule has 1 aromatic rings. The molecule has 1 rings (SSSR count). The number of pyridine rings is 1. The average molecular weight is 254 g/mol. The van der Waals surface area contributed by atoms with Crippen molar-refractivity contribution in [2.24, 2.45) is 0 Å². The van der Waals surface area contributed by atoms with E-state index in [1.54, 1.807) is 12.3 Å². The van der Waals surface area contributed by atoms with Crippen molar-refractivity contribution >= 4 is 40.6 Å². The van der Waals surface area contributed by atoms with Crippen molar-refractivity contribution in [2.75, 3.05) is 17.7 Å². The molecule has 1 heterocycles. The fourth-order valence-corrected chi connectivity index (χ4v) is 1.61. The number of aromatic nitrogens is 1. The molecule has 0 aliphatic carbocycles. The van der Waals surface area contributed by atoms with Gasteiger partial charge in [-0.2, -0.15) is 0 Å². The first-order valence-corrected chi connectivity index (χ1v) is 5.64.